The standard InChI is InChI=1S/C16H24N2/c1-13-8-9-16(17-11-13)14-5-4-10-18(12-14)15-6-2-3-7-15/h8-9,11,14-15H,2-7,10,12H2,1H3/t14-/m1/s1. The second kappa shape index (κ2) is 5.40. The van der Waals surface area contributed by atoms with Gasteiger partial charge in [-0.25, -0.2) is 0 Å². The van der Waals surface area contributed by atoms with E-state index in [1.807, 2.05) is 6.20 Å². The summed E-state index contributed by atoms with van der Waals surface area (Å²) in [6.07, 6.45) is 10.4. The third-order valence-electron chi connectivity index (χ3n) is 4.65. The smallest absolute Gasteiger partial charge is 0.0447 e. The largest absolute Gasteiger partial charge is 0.300 e. The minimum atomic E-state index is 0.667. The number of pyridine rings is 1. The second-order valence-electron chi connectivity index (χ2n) is 6.03. The number of aromatic nitrogens is 1. The minimum absolute atomic E-state index is 0.667. The summed E-state index contributed by atoms with van der Waals surface area (Å²) >= 11 is 0. The third-order valence-corrected chi connectivity index (χ3v) is 4.65. The molecular weight excluding hydrogens is 220 g/mol. The molecule has 0 radical (unpaired) electrons. The zero-order valence-electron chi connectivity index (χ0n) is 11.4. The first kappa shape index (κ1) is 12.2. The van der Waals surface area contributed by atoms with Crippen molar-refractivity contribution in [1.82, 2.24) is 9.88 Å². The lowest BCUT2D eigenvalue weighted by Crippen LogP contribution is -2.40. The Morgan fingerprint density at radius 3 is 2.67 bits per heavy atom. The Morgan fingerprint density at radius 1 is 1.11 bits per heavy atom. The molecule has 3 rings (SSSR count). The molecule has 2 heteroatoms. The van der Waals surface area contributed by atoms with Crippen molar-refractivity contribution in [2.75, 3.05) is 13.1 Å². The van der Waals surface area contributed by atoms with Crippen LogP contribution in [0.5, 0.6) is 0 Å². The molecule has 0 aromatic carbocycles. The zero-order valence-corrected chi connectivity index (χ0v) is 11.4. The van der Waals surface area contributed by atoms with Gasteiger partial charge in [0, 0.05) is 30.4 Å². The molecule has 1 atom stereocenters. The summed E-state index contributed by atoms with van der Waals surface area (Å²) in [5.41, 5.74) is 2.57. The van der Waals surface area contributed by atoms with Gasteiger partial charge in [0.25, 0.3) is 0 Å². The Morgan fingerprint density at radius 2 is 1.94 bits per heavy atom. The van der Waals surface area contributed by atoms with Gasteiger partial charge in [0.1, 0.15) is 0 Å². The molecule has 2 aliphatic rings. The van der Waals surface area contributed by atoms with Gasteiger partial charge in [-0.05, 0) is 50.8 Å². The molecule has 0 spiro atoms. The molecule has 1 saturated heterocycles. The Hall–Kier alpha value is -0.890. The van der Waals surface area contributed by atoms with E-state index in [0.717, 1.165) is 6.04 Å². The maximum Gasteiger partial charge on any atom is 0.0447 e. The number of hydrogen-bond donors (Lipinski definition) is 0. The number of aryl methyl sites for hydroxylation is 1. The van der Waals surface area contributed by atoms with E-state index in [0.29, 0.717) is 5.92 Å². The van der Waals surface area contributed by atoms with Crippen LogP contribution < -0.4 is 0 Å². The van der Waals surface area contributed by atoms with Gasteiger partial charge in [-0.3, -0.25) is 9.88 Å². The molecule has 1 saturated carbocycles. The van der Waals surface area contributed by atoms with Gasteiger partial charge >= 0.3 is 0 Å². The van der Waals surface area contributed by atoms with Crippen molar-refractivity contribution in [3.63, 3.8) is 0 Å². The average Bonchev–Trinajstić information content (AvgIpc) is 2.94. The summed E-state index contributed by atoms with van der Waals surface area (Å²) in [5, 5.41) is 0. The number of nitrogens with zero attached hydrogens (tertiary/aromatic N) is 2. The Labute approximate surface area is 110 Å². The van der Waals surface area contributed by atoms with E-state index in [9.17, 15) is 0 Å². The van der Waals surface area contributed by atoms with Crippen LogP contribution >= 0.6 is 0 Å². The quantitative estimate of drug-likeness (QED) is 0.791. The fourth-order valence-corrected chi connectivity index (χ4v) is 3.57. The lowest BCUT2D eigenvalue weighted by atomic mass is 9.93. The van der Waals surface area contributed by atoms with Crippen molar-refractivity contribution in [1.29, 1.82) is 0 Å². The SMILES string of the molecule is Cc1ccc([C@@H]2CCCN(C3CCCC3)C2)nc1. The van der Waals surface area contributed by atoms with E-state index in [2.05, 4.69) is 28.9 Å². The van der Waals surface area contributed by atoms with Crippen LogP contribution in [0, 0.1) is 6.92 Å². The van der Waals surface area contributed by atoms with E-state index < -0.39 is 0 Å². The van der Waals surface area contributed by atoms with Crippen molar-refractivity contribution >= 4 is 0 Å². The van der Waals surface area contributed by atoms with Crippen LogP contribution in [0.25, 0.3) is 0 Å². The van der Waals surface area contributed by atoms with E-state index in [4.69, 9.17) is 0 Å². The summed E-state index contributed by atoms with van der Waals surface area (Å²) in [6, 6.07) is 5.31. The fourth-order valence-electron chi connectivity index (χ4n) is 3.57. The predicted octanol–water partition coefficient (Wildman–Crippen LogP) is 3.51. The molecule has 98 valence electrons. The molecule has 2 heterocycles. The first-order valence-corrected chi connectivity index (χ1v) is 7.49. The summed E-state index contributed by atoms with van der Waals surface area (Å²) in [6.45, 7) is 4.66. The number of piperidine rings is 1. The summed E-state index contributed by atoms with van der Waals surface area (Å²) in [7, 11) is 0. The Bertz CT molecular complexity index is 379. The van der Waals surface area contributed by atoms with E-state index >= 15 is 0 Å². The molecular formula is C16H24N2. The van der Waals surface area contributed by atoms with Crippen LogP contribution in [0.1, 0.15) is 55.7 Å². The highest BCUT2D eigenvalue weighted by Gasteiger charge is 2.28. The van der Waals surface area contributed by atoms with Crippen molar-refractivity contribution < 1.29 is 0 Å². The summed E-state index contributed by atoms with van der Waals surface area (Å²) in [5.74, 6) is 0.667. The molecule has 1 aromatic heterocycles. The highest BCUT2D eigenvalue weighted by Crippen LogP contribution is 2.31. The van der Waals surface area contributed by atoms with E-state index in [1.165, 1.54) is 62.9 Å². The first-order valence-electron chi connectivity index (χ1n) is 7.49. The molecule has 1 aliphatic heterocycles. The molecule has 1 aliphatic carbocycles. The molecule has 2 fully saturated rings. The topological polar surface area (TPSA) is 16.1 Å². The number of rotatable bonds is 2. The zero-order chi connectivity index (χ0) is 12.4. The summed E-state index contributed by atoms with van der Waals surface area (Å²) in [4.78, 5) is 7.38. The molecule has 0 N–H and O–H groups in total. The minimum Gasteiger partial charge on any atom is -0.300 e. The van der Waals surface area contributed by atoms with Crippen LogP contribution in [0.3, 0.4) is 0 Å². The fraction of sp³-hybridized carbons (Fsp3) is 0.688. The molecule has 0 amide bonds. The third kappa shape index (κ3) is 2.59. The van der Waals surface area contributed by atoms with Crippen molar-refractivity contribution in [3.05, 3.63) is 29.6 Å². The molecule has 0 bridgehead atoms. The van der Waals surface area contributed by atoms with E-state index in [-0.39, 0.29) is 0 Å². The first-order chi connectivity index (χ1) is 8.83. The lowest BCUT2D eigenvalue weighted by molar-refractivity contribution is 0.149. The monoisotopic (exact) mass is 244 g/mol. The van der Waals surface area contributed by atoms with Gasteiger partial charge in [-0.1, -0.05) is 18.9 Å². The highest BCUT2D eigenvalue weighted by atomic mass is 15.2. The average molecular weight is 244 g/mol. The lowest BCUT2D eigenvalue weighted by Gasteiger charge is -2.36. The predicted molar refractivity (Wildman–Crippen MR) is 74.8 cm³/mol. The second-order valence-corrected chi connectivity index (χ2v) is 6.03. The highest BCUT2D eigenvalue weighted by molar-refractivity contribution is 5.16. The van der Waals surface area contributed by atoms with Gasteiger partial charge < -0.3 is 0 Å². The number of hydrogen-bond acceptors (Lipinski definition) is 2. The Kier molecular flexibility index (Phi) is 3.64. The van der Waals surface area contributed by atoms with Crippen LogP contribution in [0.15, 0.2) is 18.3 Å². The normalized spacial score (nSPS) is 26.6. The van der Waals surface area contributed by atoms with Gasteiger partial charge in [0.05, 0.1) is 0 Å². The number of likely N-dealkylation sites (tertiary alicyclic amines) is 1. The van der Waals surface area contributed by atoms with Crippen LogP contribution in [-0.2, 0) is 0 Å². The van der Waals surface area contributed by atoms with E-state index in [1.54, 1.807) is 0 Å². The van der Waals surface area contributed by atoms with Crippen LogP contribution in [-0.4, -0.2) is 29.0 Å². The van der Waals surface area contributed by atoms with Crippen LogP contribution in [0.2, 0.25) is 0 Å². The van der Waals surface area contributed by atoms with Gasteiger partial charge in [0.15, 0.2) is 0 Å². The van der Waals surface area contributed by atoms with Gasteiger partial charge in [-0.15, -0.1) is 0 Å². The molecule has 2 nitrogen and oxygen atoms in total. The van der Waals surface area contributed by atoms with Gasteiger partial charge in [0.2, 0.25) is 0 Å². The maximum absolute atomic E-state index is 4.64. The molecule has 1 aromatic rings. The molecule has 0 unspecified atom stereocenters. The van der Waals surface area contributed by atoms with Crippen LogP contribution in [0.4, 0.5) is 0 Å². The summed E-state index contributed by atoms with van der Waals surface area (Å²) < 4.78 is 0. The van der Waals surface area contributed by atoms with Gasteiger partial charge in [-0.2, -0.15) is 0 Å². The van der Waals surface area contributed by atoms with Crippen molar-refractivity contribution in [3.8, 4) is 0 Å². The molecule has 18 heavy (non-hydrogen) atoms. The van der Waals surface area contributed by atoms with Crippen molar-refractivity contribution in [2.45, 2.75) is 57.4 Å². The maximum atomic E-state index is 4.64. The van der Waals surface area contributed by atoms with Crippen molar-refractivity contribution in [2.24, 2.45) is 0 Å². The Balaban J connectivity index is 1.67.